The van der Waals surface area contributed by atoms with Crippen molar-refractivity contribution in [1.29, 1.82) is 0 Å². The highest BCUT2D eigenvalue weighted by molar-refractivity contribution is 7.60. The molecule has 144 valence electrons. The van der Waals surface area contributed by atoms with E-state index < -0.39 is 46.6 Å². The van der Waals surface area contributed by atoms with Crippen molar-refractivity contribution >= 4 is 27.5 Å². The lowest BCUT2D eigenvalue weighted by Crippen LogP contribution is -2.42. The number of rotatable bonds is 7. The van der Waals surface area contributed by atoms with Gasteiger partial charge in [-0.3, -0.25) is 4.52 Å². The molecule has 15 heteroatoms. The molecule has 0 aromatic carbocycles. The molecule has 2 aliphatic heterocycles. The zero-order valence-corrected chi connectivity index (χ0v) is 14.7. The summed E-state index contributed by atoms with van der Waals surface area (Å²) in [6.07, 6.45) is -2.11. The second-order valence-electron chi connectivity index (χ2n) is 5.52. The summed E-state index contributed by atoms with van der Waals surface area (Å²) in [5.41, 5.74) is 5.46. The molecule has 1 fully saturated rings. The number of urea groups is 1. The number of aliphatic imine (C=N–C) groups is 1. The Balaban J connectivity index is 1.84. The number of aliphatic hydroxyl groups is 1. The van der Waals surface area contributed by atoms with Crippen LogP contribution in [0.2, 0.25) is 0 Å². The zero-order valence-electron chi connectivity index (χ0n) is 12.9. The number of amides is 2. The molecule has 4 atom stereocenters. The zero-order chi connectivity index (χ0) is 18.8. The number of hydrogen-bond acceptors (Lipinski definition) is 8. The van der Waals surface area contributed by atoms with E-state index in [-0.39, 0.29) is 18.8 Å². The van der Waals surface area contributed by atoms with Crippen LogP contribution >= 0.6 is 15.6 Å². The van der Waals surface area contributed by atoms with Crippen molar-refractivity contribution in [1.82, 2.24) is 4.90 Å². The van der Waals surface area contributed by atoms with Gasteiger partial charge in [-0.1, -0.05) is 0 Å². The standard InChI is InChI=1S/C10H19N3O10P2/c11-9-1-2-13(10(15)12-9)4-6-3-7(14)8(22-6)5-21-25(19,20)23-24(16,17)18/h6-8,14H,1-5H2,(H,19,20)(H2,11,12,15)(H2,16,17,18)/t6-,7-,8-/m1/s1. The molecule has 13 nitrogen and oxygen atoms in total. The highest BCUT2D eigenvalue weighted by Crippen LogP contribution is 2.57. The van der Waals surface area contributed by atoms with Crippen LogP contribution in [0.5, 0.6) is 0 Å². The molecule has 1 unspecified atom stereocenters. The van der Waals surface area contributed by atoms with Crippen molar-refractivity contribution in [3.8, 4) is 0 Å². The van der Waals surface area contributed by atoms with Gasteiger partial charge in [0.15, 0.2) is 0 Å². The molecule has 2 heterocycles. The molecule has 0 aliphatic carbocycles. The van der Waals surface area contributed by atoms with E-state index in [1.54, 1.807) is 0 Å². The Hall–Kier alpha value is -0.880. The first-order valence-electron chi connectivity index (χ1n) is 7.15. The van der Waals surface area contributed by atoms with Crippen LogP contribution in [0.3, 0.4) is 0 Å². The fraction of sp³-hybridized carbons (Fsp3) is 0.800. The van der Waals surface area contributed by atoms with Crippen LogP contribution in [-0.2, 0) is 22.7 Å². The average Bonchev–Trinajstić information content (AvgIpc) is 2.77. The Bertz CT molecular complexity index is 636. The summed E-state index contributed by atoms with van der Waals surface area (Å²) in [5.74, 6) is 0.239. The number of amidine groups is 1. The number of aliphatic hydroxyl groups excluding tert-OH is 1. The molecule has 0 saturated carbocycles. The van der Waals surface area contributed by atoms with E-state index >= 15 is 0 Å². The van der Waals surface area contributed by atoms with Gasteiger partial charge in [0.25, 0.3) is 0 Å². The van der Waals surface area contributed by atoms with Crippen molar-refractivity contribution in [3.63, 3.8) is 0 Å². The summed E-state index contributed by atoms with van der Waals surface area (Å²) >= 11 is 0. The molecule has 2 rings (SSSR count). The van der Waals surface area contributed by atoms with E-state index in [1.807, 2.05) is 0 Å². The van der Waals surface area contributed by atoms with Gasteiger partial charge < -0.3 is 35.2 Å². The number of nitrogens with two attached hydrogens (primary N) is 1. The molecule has 2 aliphatic rings. The summed E-state index contributed by atoms with van der Waals surface area (Å²) in [7, 11) is -10.2. The first-order chi connectivity index (χ1) is 11.5. The third-order valence-electron chi connectivity index (χ3n) is 3.48. The quantitative estimate of drug-likeness (QED) is 0.323. The summed E-state index contributed by atoms with van der Waals surface area (Å²) in [6.45, 7) is -0.142. The van der Waals surface area contributed by atoms with Gasteiger partial charge in [-0.15, -0.1) is 0 Å². The third-order valence-corrected chi connectivity index (χ3v) is 5.64. The maximum atomic E-state index is 11.7. The number of phosphoric ester groups is 1. The van der Waals surface area contributed by atoms with Crippen LogP contribution in [0.25, 0.3) is 0 Å². The highest BCUT2D eigenvalue weighted by Gasteiger charge is 2.39. The molecular formula is C10H19N3O10P2. The first kappa shape index (κ1) is 20.4. The lowest BCUT2D eigenvalue weighted by molar-refractivity contribution is -0.0264. The lowest BCUT2D eigenvalue weighted by atomic mass is 10.1. The van der Waals surface area contributed by atoms with Gasteiger partial charge in [-0.2, -0.15) is 9.30 Å². The number of carbonyl (C=O) groups excluding carboxylic acids is 1. The number of ether oxygens (including phenoxy) is 1. The predicted molar refractivity (Wildman–Crippen MR) is 81.4 cm³/mol. The maximum Gasteiger partial charge on any atom is 0.481 e. The minimum absolute atomic E-state index is 0.131. The summed E-state index contributed by atoms with van der Waals surface area (Å²) in [4.78, 5) is 42.9. The van der Waals surface area contributed by atoms with Crippen LogP contribution in [0.4, 0.5) is 4.79 Å². The van der Waals surface area contributed by atoms with Crippen molar-refractivity contribution in [2.24, 2.45) is 10.7 Å². The normalized spacial score (nSPS) is 30.2. The number of hydrogen-bond donors (Lipinski definition) is 5. The SMILES string of the molecule is NC1=NC(=O)N(C[C@H]2C[C@@H](O)[C@@H](COP(=O)(O)OP(=O)(O)O)O2)CC1. The summed E-state index contributed by atoms with van der Waals surface area (Å²) in [6, 6.07) is -0.517. The summed E-state index contributed by atoms with van der Waals surface area (Å²) in [5, 5.41) is 9.90. The predicted octanol–water partition coefficient (Wildman–Crippen LogP) is -1.09. The number of nitrogens with zero attached hydrogens (tertiary/aromatic N) is 2. The molecule has 0 bridgehead atoms. The van der Waals surface area contributed by atoms with Gasteiger partial charge in [-0.25, -0.2) is 13.9 Å². The van der Waals surface area contributed by atoms with Gasteiger partial charge in [0.1, 0.15) is 11.9 Å². The number of carbonyl (C=O) groups is 1. The van der Waals surface area contributed by atoms with Gasteiger partial charge >= 0.3 is 21.7 Å². The van der Waals surface area contributed by atoms with Crippen LogP contribution in [0, 0.1) is 0 Å². The molecular weight excluding hydrogens is 384 g/mol. The monoisotopic (exact) mass is 403 g/mol. The second-order valence-corrected chi connectivity index (χ2v) is 8.35. The largest absolute Gasteiger partial charge is 0.481 e. The van der Waals surface area contributed by atoms with E-state index in [2.05, 4.69) is 13.8 Å². The summed E-state index contributed by atoms with van der Waals surface area (Å²) < 4.78 is 35.4. The van der Waals surface area contributed by atoms with Crippen molar-refractivity contribution < 1.29 is 47.3 Å². The minimum Gasteiger partial charge on any atom is -0.390 e. The first-order valence-corrected chi connectivity index (χ1v) is 10.2. The van der Waals surface area contributed by atoms with Gasteiger partial charge in [0.2, 0.25) is 0 Å². The minimum atomic E-state index is -5.22. The number of phosphoric acid groups is 2. The Morgan fingerprint density at radius 3 is 2.64 bits per heavy atom. The Morgan fingerprint density at radius 2 is 2.04 bits per heavy atom. The van der Waals surface area contributed by atoms with Crippen LogP contribution in [0.1, 0.15) is 12.8 Å². The van der Waals surface area contributed by atoms with Crippen molar-refractivity contribution in [2.75, 3.05) is 19.7 Å². The molecule has 0 spiro atoms. The van der Waals surface area contributed by atoms with E-state index in [0.29, 0.717) is 13.0 Å². The van der Waals surface area contributed by atoms with E-state index in [9.17, 15) is 23.9 Å². The molecule has 2 amide bonds. The Morgan fingerprint density at radius 1 is 1.36 bits per heavy atom. The maximum absolute atomic E-state index is 11.7. The fourth-order valence-electron chi connectivity index (χ4n) is 2.42. The molecule has 0 radical (unpaired) electrons. The molecule has 25 heavy (non-hydrogen) atoms. The van der Waals surface area contributed by atoms with Crippen molar-refractivity contribution in [3.05, 3.63) is 0 Å². The molecule has 6 N–H and O–H groups in total. The smallest absolute Gasteiger partial charge is 0.390 e. The van der Waals surface area contributed by atoms with Gasteiger partial charge in [-0.05, 0) is 0 Å². The highest BCUT2D eigenvalue weighted by atomic mass is 31.3. The van der Waals surface area contributed by atoms with Crippen LogP contribution < -0.4 is 5.73 Å². The molecule has 1 saturated heterocycles. The Kier molecular flexibility index (Phi) is 6.36. The lowest BCUT2D eigenvalue weighted by Gasteiger charge is -2.26. The van der Waals surface area contributed by atoms with Gasteiger partial charge in [0.05, 0.1) is 18.8 Å². The van der Waals surface area contributed by atoms with E-state index in [0.717, 1.165) is 0 Å². The Labute approximate surface area is 142 Å². The van der Waals surface area contributed by atoms with Crippen molar-refractivity contribution in [2.45, 2.75) is 31.2 Å². The van der Waals surface area contributed by atoms with E-state index in [1.165, 1.54) is 4.90 Å². The van der Waals surface area contributed by atoms with Crippen LogP contribution in [0.15, 0.2) is 4.99 Å². The van der Waals surface area contributed by atoms with Crippen LogP contribution in [-0.4, -0.2) is 74.6 Å². The second kappa shape index (κ2) is 7.78. The third kappa shape index (κ3) is 6.41. The average molecular weight is 403 g/mol. The van der Waals surface area contributed by atoms with E-state index in [4.69, 9.17) is 20.3 Å². The fourth-order valence-corrected chi connectivity index (χ4v) is 4.02. The topological polar surface area (TPSA) is 201 Å². The molecule has 0 aromatic heterocycles. The molecule has 0 aromatic rings. The van der Waals surface area contributed by atoms with Gasteiger partial charge in [0, 0.05) is 25.9 Å².